The summed E-state index contributed by atoms with van der Waals surface area (Å²) in [6.45, 7) is 4.96. The Kier molecular flexibility index (Phi) is 3.35. The van der Waals surface area contributed by atoms with Gasteiger partial charge in [-0.2, -0.15) is 0 Å². The Bertz CT molecular complexity index is 522. The van der Waals surface area contributed by atoms with Crippen LogP contribution in [0.4, 0.5) is 0 Å². The summed E-state index contributed by atoms with van der Waals surface area (Å²) in [5, 5.41) is 0. The van der Waals surface area contributed by atoms with Crippen LogP contribution in [0.3, 0.4) is 0 Å². The highest BCUT2D eigenvalue weighted by atomic mass is 16.5. The topological polar surface area (TPSA) is 26.3 Å². The van der Waals surface area contributed by atoms with E-state index in [0.717, 1.165) is 37.0 Å². The Balaban J connectivity index is 1.67. The van der Waals surface area contributed by atoms with E-state index in [0.29, 0.717) is 22.7 Å². The van der Waals surface area contributed by atoms with Crippen molar-refractivity contribution in [3.05, 3.63) is 11.6 Å². The second kappa shape index (κ2) is 4.93. The van der Waals surface area contributed by atoms with E-state index in [4.69, 9.17) is 4.74 Å². The van der Waals surface area contributed by atoms with Gasteiger partial charge in [0.25, 0.3) is 0 Å². The molecule has 0 aromatic rings. The van der Waals surface area contributed by atoms with Gasteiger partial charge in [-0.15, -0.1) is 0 Å². The maximum Gasteiger partial charge on any atom is 0.155 e. The van der Waals surface area contributed by atoms with Gasteiger partial charge in [0.1, 0.15) is 0 Å². The Morgan fingerprint density at radius 3 is 2.64 bits per heavy atom. The molecule has 3 fully saturated rings. The van der Waals surface area contributed by atoms with Crippen LogP contribution in [0.5, 0.6) is 0 Å². The third kappa shape index (κ3) is 1.85. The van der Waals surface area contributed by atoms with Gasteiger partial charge in [0.15, 0.2) is 5.78 Å². The average Bonchev–Trinajstić information content (AvgIpc) is 2.84. The monoisotopic (exact) mass is 302 g/mol. The van der Waals surface area contributed by atoms with Gasteiger partial charge in [-0.3, -0.25) is 4.79 Å². The smallest absolute Gasteiger partial charge is 0.155 e. The average molecular weight is 302 g/mol. The molecule has 0 bridgehead atoms. The first-order valence-corrected chi connectivity index (χ1v) is 9.26. The number of carbonyl (C=O) groups excluding carboxylic acids is 1. The summed E-state index contributed by atoms with van der Waals surface area (Å²) in [4.78, 5) is 11.8. The summed E-state index contributed by atoms with van der Waals surface area (Å²) in [7, 11) is 1.90. The molecule has 0 saturated heterocycles. The van der Waals surface area contributed by atoms with Gasteiger partial charge >= 0.3 is 0 Å². The molecular formula is C20H30O2. The minimum absolute atomic E-state index is 0.309. The standard InChI is InChI=1S/C20H30O2/c1-19-10-8-14(21)12-13(19)4-5-15-16-6-7-18(22-3)20(16,2)11-9-17(15)19/h12,15-18H,4-11H2,1-3H3/t15?,16?,17?,18?,19-,20-/m0/s1. The molecule has 4 aliphatic carbocycles. The predicted molar refractivity (Wildman–Crippen MR) is 87.5 cm³/mol. The molecule has 0 amide bonds. The van der Waals surface area contributed by atoms with Crippen LogP contribution >= 0.6 is 0 Å². The third-order valence-corrected chi connectivity index (χ3v) is 8.16. The van der Waals surface area contributed by atoms with Crippen molar-refractivity contribution in [2.45, 2.75) is 71.3 Å². The van der Waals surface area contributed by atoms with E-state index in [9.17, 15) is 4.79 Å². The molecule has 6 atom stereocenters. The maximum atomic E-state index is 11.8. The lowest BCUT2D eigenvalue weighted by Crippen LogP contribution is -2.51. The van der Waals surface area contributed by atoms with Crippen molar-refractivity contribution in [3.8, 4) is 0 Å². The summed E-state index contributed by atoms with van der Waals surface area (Å²) in [6.07, 6.45) is 12.1. The Labute approximate surface area is 134 Å². The van der Waals surface area contributed by atoms with Crippen molar-refractivity contribution < 1.29 is 9.53 Å². The van der Waals surface area contributed by atoms with Gasteiger partial charge in [-0.05, 0) is 79.6 Å². The molecule has 4 unspecified atom stereocenters. The molecule has 0 aromatic carbocycles. The highest BCUT2D eigenvalue weighted by Crippen LogP contribution is 2.65. The van der Waals surface area contributed by atoms with E-state index in [-0.39, 0.29) is 0 Å². The lowest BCUT2D eigenvalue weighted by molar-refractivity contribution is -0.118. The maximum absolute atomic E-state index is 11.8. The molecule has 22 heavy (non-hydrogen) atoms. The van der Waals surface area contributed by atoms with Crippen LogP contribution < -0.4 is 0 Å². The molecule has 0 aliphatic heterocycles. The first-order valence-electron chi connectivity index (χ1n) is 9.26. The molecule has 0 N–H and O–H groups in total. The summed E-state index contributed by atoms with van der Waals surface area (Å²) < 4.78 is 5.85. The van der Waals surface area contributed by atoms with Gasteiger partial charge in [-0.25, -0.2) is 0 Å². The molecule has 0 aromatic heterocycles. The van der Waals surface area contributed by atoms with Crippen LogP contribution in [0.2, 0.25) is 0 Å². The second-order valence-electron chi connectivity index (χ2n) is 8.82. The molecular weight excluding hydrogens is 272 g/mol. The summed E-state index contributed by atoms with van der Waals surface area (Å²) >= 11 is 0. The van der Waals surface area contributed by atoms with E-state index in [2.05, 4.69) is 13.8 Å². The highest BCUT2D eigenvalue weighted by Gasteiger charge is 2.59. The van der Waals surface area contributed by atoms with Gasteiger partial charge < -0.3 is 4.74 Å². The van der Waals surface area contributed by atoms with Crippen molar-refractivity contribution in [1.82, 2.24) is 0 Å². The van der Waals surface area contributed by atoms with E-state index in [1.807, 2.05) is 13.2 Å². The zero-order chi connectivity index (χ0) is 15.5. The largest absolute Gasteiger partial charge is 0.381 e. The van der Waals surface area contributed by atoms with Crippen LogP contribution in [0.1, 0.15) is 65.2 Å². The van der Waals surface area contributed by atoms with Gasteiger partial charge in [0.2, 0.25) is 0 Å². The second-order valence-corrected chi connectivity index (χ2v) is 8.82. The molecule has 4 aliphatic rings. The SMILES string of the molecule is COC1CCC2C3CCC4=CC(=O)CC[C@]4(C)C3CC[C@]12C. The number of fused-ring (bicyclic) bond motifs is 5. The van der Waals surface area contributed by atoms with Crippen molar-refractivity contribution in [1.29, 1.82) is 0 Å². The summed E-state index contributed by atoms with van der Waals surface area (Å²) in [6, 6.07) is 0. The Morgan fingerprint density at radius 2 is 1.86 bits per heavy atom. The zero-order valence-corrected chi connectivity index (χ0v) is 14.4. The van der Waals surface area contributed by atoms with E-state index < -0.39 is 0 Å². The molecule has 2 heteroatoms. The molecule has 3 saturated carbocycles. The molecule has 0 spiro atoms. The fourth-order valence-electron chi connectivity index (χ4n) is 6.90. The van der Waals surface area contributed by atoms with E-state index in [1.54, 1.807) is 0 Å². The number of allylic oxidation sites excluding steroid dienone is 1. The number of carbonyl (C=O) groups is 1. The lowest BCUT2D eigenvalue weighted by Gasteiger charge is -2.57. The van der Waals surface area contributed by atoms with Crippen LogP contribution in [0.15, 0.2) is 11.6 Å². The highest BCUT2D eigenvalue weighted by molar-refractivity contribution is 5.91. The summed E-state index contributed by atoms with van der Waals surface area (Å²) in [5.41, 5.74) is 2.19. The Hall–Kier alpha value is -0.630. The quantitative estimate of drug-likeness (QED) is 0.711. The van der Waals surface area contributed by atoms with Crippen LogP contribution in [-0.2, 0) is 9.53 Å². The third-order valence-electron chi connectivity index (χ3n) is 8.16. The molecule has 2 nitrogen and oxygen atoms in total. The van der Waals surface area contributed by atoms with Crippen molar-refractivity contribution in [3.63, 3.8) is 0 Å². The predicted octanol–water partition coefficient (Wildman–Crippen LogP) is 4.53. The molecule has 122 valence electrons. The van der Waals surface area contributed by atoms with E-state index >= 15 is 0 Å². The zero-order valence-electron chi connectivity index (χ0n) is 14.4. The number of methoxy groups -OCH3 is 1. The summed E-state index contributed by atoms with van der Waals surface area (Å²) in [5.74, 6) is 2.86. The van der Waals surface area contributed by atoms with Gasteiger partial charge in [0, 0.05) is 13.5 Å². The van der Waals surface area contributed by atoms with Crippen LogP contribution in [0.25, 0.3) is 0 Å². The van der Waals surface area contributed by atoms with Crippen molar-refractivity contribution in [2.75, 3.05) is 7.11 Å². The fraction of sp³-hybridized carbons (Fsp3) is 0.850. The fourth-order valence-corrected chi connectivity index (χ4v) is 6.90. The number of hydrogen-bond donors (Lipinski definition) is 0. The number of rotatable bonds is 1. The minimum atomic E-state index is 0.309. The van der Waals surface area contributed by atoms with Crippen molar-refractivity contribution in [2.24, 2.45) is 28.6 Å². The van der Waals surface area contributed by atoms with Crippen LogP contribution in [0, 0.1) is 28.6 Å². The molecule has 0 radical (unpaired) electrons. The minimum Gasteiger partial charge on any atom is -0.381 e. The number of ether oxygens (including phenoxy) is 1. The van der Waals surface area contributed by atoms with Gasteiger partial charge in [-0.1, -0.05) is 19.4 Å². The lowest BCUT2D eigenvalue weighted by atomic mass is 9.47. The molecule has 4 rings (SSSR count). The molecule has 0 heterocycles. The first kappa shape index (κ1) is 14.9. The van der Waals surface area contributed by atoms with Crippen molar-refractivity contribution >= 4 is 5.78 Å². The van der Waals surface area contributed by atoms with Gasteiger partial charge in [0.05, 0.1) is 6.10 Å². The number of ketones is 1. The normalized spacial score (nSPS) is 50.9. The number of hydrogen-bond acceptors (Lipinski definition) is 2. The van der Waals surface area contributed by atoms with E-state index in [1.165, 1.54) is 37.7 Å². The van der Waals surface area contributed by atoms with Crippen LogP contribution in [-0.4, -0.2) is 19.0 Å². The Morgan fingerprint density at radius 1 is 1.05 bits per heavy atom. The first-order chi connectivity index (χ1) is 10.5.